The van der Waals surface area contributed by atoms with Crippen molar-refractivity contribution < 1.29 is 22.3 Å². The first kappa shape index (κ1) is 20.1. The maximum absolute atomic E-state index is 13.9. The van der Waals surface area contributed by atoms with E-state index in [2.05, 4.69) is 10.4 Å². The van der Waals surface area contributed by atoms with Crippen LogP contribution in [0.25, 0.3) is 11.3 Å². The number of carbonyl (C=O) groups is 1. The summed E-state index contributed by atoms with van der Waals surface area (Å²) in [7, 11) is -1.59. The van der Waals surface area contributed by atoms with Crippen LogP contribution < -0.4 is 10.1 Å². The Kier molecular flexibility index (Phi) is 5.29. The highest BCUT2D eigenvalue weighted by Crippen LogP contribution is 2.31. The molecule has 0 aliphatic carbocycles. The molecule has 1 N–H and O–H groups in total. The predicted octanol–water partition coefficient (Wildman–Crippen LogP) is 3.31. The van der Waals surface area contributed by atoms with Crippen LogP contribution in [0.2, 0.25) is 0 Å². The summed E-state index contributed by atoms with van der Waals surface area (Å²) in [6.07, 6.45) is 0.418. The number of ether oxygens (including phenoxy) is 1. The molecule has 2 heterocycles. The van der Waals surface area contributed by atoms with Crippen LogP contribution in [0.4, 0.5) is 10.1 Å². The minimum absolute atomic E-state index is 0.0355. The van der Waals surface area contributed by atoms with Crippen molar-refractivity contribution in [3.8, 4) is 17.0 Å². The van der Waals surface area contributed by atoms with Crippen molar-refractivity contribution in [1.82, 2.24) is 9.78 Å². The zero-order valence-corrected chi connectivity index (χ0v) is 17.0. The van der Waals surface area contributed by atoms with Gasteiger partial charge in [-0.15, -0.1) is 0 Å². The van der Waals surface area contributed by atoms with Crippen molar-refractivity contribution in [3.63, 3.8) is 0 Å². The molecule has 1 aliphatic heterocycles. The summed E-state index contributed by atoms with van der Waals surface area (Å²) >= 11 is 0. The number of hydrogen-bond acceptors (Lipinski definition) is 5. The highest BCUT2D eigenvalue weighted by molar-refractivity contribution is 7.91. The molecule has 3 aromatic rings. The number of amides is 1. The van der Waals surface area contributed by atoms with Crippen molar-refractivity contribution in [2.45, 2.75) is 12.5 Å². The first-order chi connectivity index (χ1) is 14.4. The van der Waals surface area contributed by atoms with E-state index in [0.29, 0.717) is 17.9 Å². The molecule has 9 heteroatoms. The van der Waals surface area contributed by atoms with E-state index in [-0.39, 0.29) is 28.9 Å². The maximum atomic E-state index is 13.9. The lowest BCUT2D eigenvalue weighted by atomic mass is 10.1. The fourth-order valence-electron chi connectivity index (χ4n) is 3.48. The molecule has 4 rings (SSSR count). The average molecular weight is 429 g/mol. The Labute approximate surface area is 173 Å². The van der Waals surface area contributed by atoms with E-state index in [1.54, 1.807) is 36.1 Å². The zero-order valence-electron chi connectivity index (χ0n) is 16.2. The van der Waals surface area contributed by atoms with Gasteiger partial charge in [-0.2, -0.15) is 5.10 Å². The van der Waals surface area contributed by atoms with Gasteiger partial charge in [0.25, 0.3) is 5.91 Å². The van der Waals surface area contributed by atoms with E-state index in [1.807, 2.05) is 12.1 Å². The van der Waals surface area contributed by atoms with Crippen molar-refractivity contribution in [2.24, 2.45) is 0 Å². The third-order valence-electron chi connectivity index (χ3n) is 5.03. The molecule has 1 saturated heterocycles. The first-order valence-corrected chi connectivity index (χ1v) is 11.2. The Bertz CT molecular complexity index is 1190. The van der Waals surface area contributed by atoms with Gasteiger partial charge in [-0.1, -0.05) is 12.1 Å². The number of rotatable bonds is 5. The summed E-state index contributed by atoms with van der Waals surface area (Å²) in [4.78, 5) is 12.7. The predicted molar refractivity (Wildman–Crippen MR) is 111 cm³/mol. The second-order valence-electron chi connectivity index (χ2n) is 7.08. The molecule has 1 amide bonds. The number of carbonyl (C=O) groups excluding carboxylic acids is 1. The Balaban J connectivity index is 1.71. The van der Waals surface area contributed by atoms with Gasteiger partial charge in [0, 0.05) is 5.56 Å². The molecular weight excluding hydrogens is 409 g/mol. The van der Waals surface area contributed by atoms with E-state index in [0.717, 1.165) is 5.56 Å². The number of nitrogens with one attached hydrogen (secondary N) is 1. The Morgan fingerprint density at radius 3 is 2.57 bits per heavy atom. The molecule has 1 aliphatic rings. The van der Waals surface area contributed by atoms with Crippen LogP contribution in [0.5, 0.6) is 5.75 Å². The fraction of sp³-hybridized carbons (Fsp3) is 0.238. The fourth-order valence-corrected chi connectivity index (χ4v) is 5.17. The third-order valence-corrected chi connectivity index (χ3v) is 6.78. The number of hydrogen-bond donors (Lipinski definition) is 1. The summed E-state index contributed by atoms with van der Waals surface area (Å²) in [5.74, 6) is -0.412. The van der Waals surface area contributed by atoms with Gasteiger partial charge >= 0.3 is 0 Å². The monoisotopic (exact) mass is 429 g/mol. The van der Waals surface area contributed by atoms with Crippen molar-refractivity contribution >= 4 is 21.4 Å². The molecule has 156 valence electrons. The number of anilines is 1. The molecule has 0 radical (unpaired) electrons. The van der Waals surface area contributed by atoms with Crippen molar-refractivity contribution in [2.75, 3.05) is 23.9 Å². The molecule has 2 aromatic carbocycles. The number of halogens is 1. The summed E-state index contributed by atoms with van der Waals surface area (Å²) in [6.45, 7) is 0. The molecule has 1 atom stereocenters. The van der Waals surface area contributed by atoms with Gasteiger partial charge in [-0.05, 0) is 48.9 Å². The van der Waals surface area contributed by atoms with E-state index >= 15 is 0 Å². The number of sulfone groups is 1. The summed E-state index contributed by atoms with van der Waals surface area (Å²) in [5.41, 5.74) is 1.50. The lowest BCUT2D eigenvalue weighted by Crippen LogP contribution is -2.17. The second-order valence-corrected chi connectivity index (χ2v) is 9.31. The van der Waals surface area contributed by atoms with Gasteiger partial charge in [0.05, 0.1) is 36.0 Å². The molecule has 7 nitrogen and oxygen atoms in total. The summed E-state index contributed by atoms with van der Waals surface area (Å²) in [5, 5.41) is 6.90. The van der Waals surface area contributed by atoms with E-state index < -0.39 is 21.6 Å². The number of aromatic nitrogens is 2. The van der Waals surface area contributed by atoms with Crippen LogP contribution >= 0.6 is 0 Å². The second kappa shape index (κ2) is 7.91. The molecule has 0 bridgehead atoms. The standard InChI is InChI=1S/C21H20FN3O4S/c1-29-16-8-6-14(7-9-16)20-12-19(21(26)23-18-5-3-2-4-17(18)22)24-25(20)15-10-11-30(27,28)13-15/h2-9,12,15H,10-11,13H2,1H3,(H,23,26)/t15-/m0/s1. The summed E-state index contributed by atoms with van der Waals surface area (Å²) < 4.78 is 44.6. The molecule has 1 aromatic heterocycles. The minimum Gasteiger partial charge on any atom is -0.497 e. The third kappa shape index (κ3) is 4.06. The zero-order chi connectivity index (χ0) is 21.3. The SMILES string of the molecule is COc1ccc(-c2cc(C(=O)Nc3ccccc3F)nn2[C@H]2CCS(=O)(=O)C2)cc1. The highest BCUT2D eigenvalue weighted by atomic mass is 32.2. The highest BCUT2D eigenvalue weighted by Gasteiger charge is 2.32. The van der Waals surface area contributed by atoms with Crippen LogP contribution in [-0.2, 0) is 9.84 Å². The Morgan fingerprint density at radius 1 is 1.20 bits per heavy atom. The molecular formula is C21H20FN3O4S. The molecule has 0 saturated carbocycles. The largest absolute Gasteiger partial charge is 0.497 e. The normalized spacial score (nSPS) is 17.6. The average Bonchev–Trinajstić information content (AvgIpc) is 3.33. The Hall–Kier alpha value is -3.20. The number of para-hydroxylation sites is 1. The first-order valence-electron chi connectivity index (χ1n) is 9.36. The van der Waals surface area contributed by atoms with Gasteiger partial charge in [0.2, 0.25) is 0 Å². The van der Waals surface area contributed by atoms with Gasteiger partial charge in [0.1, 0.15) is 11.6 Å². The van der Waals surface area contributed by atoms with Gasteiger partial charge in [0.15, 0.2) is 15.5 Å². The van der Waals surface area contributed by atoms with E-state index in [9.17, 15) is 17.6 Å². The van der Waals surface area contributed by atoms with Crippen LogP contribution in [0, 0.1) is 5.82 Å². The smallest absolute Gasteiger partial charge is 0.276 e. The maximum Gasteiger partial charge on any atom is 0.276 e. The van der Waals surface area contributed by atoms with Crippen LogP contribution in [0.15, 0.2) is 54.6 Å². The van der Waals surface area contributed by atoms with Crippen LogP contribution in [-0.4, -0.2) is 42.7 Å². The van der Waals surface area contributed by atoms with Crippen molar-refractivity contribution in [1.29, 1.82) is 0 Å². The van der Waals surface area contributed by atoms with Gasteiger partial charge < -0.3 is 10.1 Å². The summed E-state index contributed by atoms with van der Waals surface area (Å²) in [6, 6.07) is 14.2. The lowest BCUT2D eigenvalue weighted by Gasteiger charge is -2.13. The van der Waals surface area contributed by atoms with E-state index in [4.69, 9.17) is 4.74 Å². The molecule has 0 unspecified atom stereocenters. The quantitative estimate of drug-likeness (QED) is 0.672. The number of benzene rings is 2. The van der Waals surface area contributed by atoms with Gasteiger partial charge in [-0.25, -0.2) is 12.8 Å². The molecule has 0 spiro atoms. The van der Waals surface area contributed by atoms with Crippen LogP contribution in [0.3, 0.4) is 0 Å². The van der Waals surface area contributed by atoms with E-state index in [1.165, 1.54) is 18.2 Å². The number of nitrogens with zero attached hydrogens (tertiary/aromatic N) is 2. The topological polar surface area (TPSA) is 90.3 Å². The number of methoxy groups -OCH3 is 1. The molecule has 30 heavy (non-hydrogen) atoms. The van der Waals surface area contributed by atoms with Crippen molar-refractivity contribution in [3.05, 3.63) is 66.1 Å². The minimum atomic E-state index is -3.15. The lowest BCUT2D eigenvalue weighted by molar-refractivity contribution is 0.102. The molecule has 1 fully saturated rings. The Morgan fingerprint density at radius 2 is 1.93 bits per heavy atom. The van der Waals surface area contributed by atoms with Gasteiger partial charge in [-0.3, -0.25) is 9.48 Å². The van der Waals surface area contributed by atoms with Crippen LogP contribution in [0.1, 0.15) is 23.0 Å².